The number of rotatable bonds is 1. The number of hydrogen-bond acceptors (Lipinski definition) is 2. The fraction of sp³-hybridized carbons (Fsp3) is 0.500. The predicted molar refractivity (Wildman–Crippen MR) is 65.5 cm³/mol. The first kappa shape index (κ1) is 10.8. The highest BCUT2D eigenvalue weighted by molar-refractivity contribution is 6.30. The van der Waals surface area contributed by atoms with Gasteiger partial charge in [0.25, 0.3) is 0 Å². The average molecular weight is 225 g/mol. The van der Waals surface area contributed by atoms with Gasteiger partial charge < -0.3 is 10.6 Å². The third-order valence-corrected chi connectivity index (χ3v) is 3.66. The quantitative estimate of drug-likeness (QED) is 0.795. The zero-order valence-corrected chi connectivity index (χ0v) is 9.96. The molecule has 1 aromatic carbocycles. The van der Waals surface area contributed by atoms with Crippen LogP contribution in [0.3, 0.4) is 0 Å². The van der Waals surface area contributed by atoms with E-state index < -0.39 is 0 Å². The van der Waals surface area contributed by atoms with Gasteiger partial charge in [-0.05, 0) is 44.5 Å². The zero-order valence-electron chi connectivity index (χ0n) is 9.20. The molecule has 2 nitrogen and oxygen atoms in total. The fourth-order valence-electron chi connectivity index (χ4n) is 2.19. The van der Waals surface area contributed by atoms with Gasteiger partial charge in [-0.2, -0.15) is 0 Å². The molecule has 2 N–H and O–H groups in total. The molecule has 1 fully saturated rings. The first-order valence-electron chi connectivity index (χ1n) is 5.30. The van der Waals surface area contributed by atoms with E-state index in [1.807, 2.05) is 12.1 Å². The van der Waals surface area contributed by atoms with E-state index in [1.54, 1.807) is 0 Å². The van der Waals surface area contributed by atoms with Crippen molar-refractivity contribution < 1.29 is 0 Å². The summed E-state index contributed by atoms with van der Waals surface area (Å²) >= 11 is 5.87. The molecule has 1 heterocycles. The van der Waals surface area contributed by atoms with Crippen LogP contribution in [0, 0.1) is 0 Å². The van der Waals surface area contributed by atoms with Crippen molar-refractivity contribution in [2.45, 2.75) is 31.8 Å². The molecule has 1 atom stereocenters. The van der Waals surface area contributed by atoms with Crippen LogP contribution in [0.5, 0.6) is 0 Å². The molecule has 0 bridgehead atoms. The minimum atomic E-state index is 0.0355. The van der Waals surface area contributed by atoms with Crippen LogP contribution in [0.2, 0.25) is 5.02 Å². The smallest absolute Gasteiger partial charge is 0.0497 e. The molecule has 0 aliphatic carbocycles. The number of halogens is 1. The maximum atomic E-state index is 6.10. The van der Waals surface area contributed by atoms with Crippen LogP contribution in [-0.2, 0) is 0 Å². The second-order valence-corrected chi connectivity index (χ2v) is 5.11. The van der Waals surface area contributed by atoms with Crippen LogP contribution in [0.15, 0.2) is 24.3 Å². The molecule has 0 amide bonds. The Balaban J connectivity index is 2.28. The maximum absolute atomic E-state index is 6.10. The summed E-state index contributed by atoms with van der Waals surface area (Å²) in [5, 5.41) is 0.778. The topological polar surface area (TPSA) is 29.3 Å². The van der Waals surface area contributed by atoms with E-state index in [4.69, 9.17) is 17.3 Å². The van der Waals surface area contributed by atoms with Crippen LogP contribution < -0.4 is 10.6 Å². The van der Waals surface area contributed by atoms with E-state index in [9.17, 15) is 0 Å². The van der Waals surface area contributed by atoms with Crippen molar-refractivity contribution in [2.24, 2.45) is 5.73 Å². The van der Waals surface area contributed by atoms with Crippen LogP contribution in [0.25, 0.3) is 0 Å². The molecule has 3 heteroatoms. The molecule has 0 aromatic heterocycles. The van der Waals surface area contributed by atoms with Crippen molar-refractivity contribution in [2.75, 3.05) is 11.4 Å². The molecular formula is C12H17ClN2. The molecule has 82 valence electrons. The molecule has 0 radical (unpaired) electrons. The van der Waals surface area contributed by atoms with E-state index in [-0.39, 0.29) is 11.6 Å². The number of nitrogens with zero attached hydrogens (tertiary/aromatic N) is 1. The molecule has 1 aliphatic rings. The standard InChI is InChI=1S/C12H17ClN2/c1-12(2)11(14)7-8-15(12)10-5-3-9(13)4-6-10/h3-6,11H,7-8,14H2,1-2H3. The van der Waals surface area contributed by atoms with Crippen molar-refractivity contribution in [3.05, 3.63) is 29.3 Å². The highest BCUT2D eigenvalue weighted by Gasteiger charge is 2.38. The van der Waals surface area contributed by atoms with E-state index >= 15 is 0 Å². The molecule has 1 aromatic rings. The highest BCUT2D eigenvalue weighted by atomic mass is 35.5. The first-order valence-corrected chi connectivity index (χ1v) is 5.68. The van der Waals surface area contributed by atoms with Gasteiger partial charge in [-0.3, -0.25) is 0 Å². The SMILES string of the molecule is CC1(C)C(N)CCN1c1ccc(Cl)cc1. The highest BCUT2D eigenvalue weighted by Crippen LogP contribution is 2.33. The Hall–Kier alpha value is -0.730. The maximum Gasteiger partial charge on any atom is 0.0497 e. The molecule has 0 spiro atoms. The second kappa shape index (κ2) is 3.69. The first-order chi connectivity index (χ1) is 7.01. The van der Waals surface area contributed by atoms with Crippen molar-refractivity contribution in [1.82, 2.24) is 0 Å². The van der Waals surface area contributed by atoms with Crippen LogP contribution >= 0.6 is 11.6 Å². The summed E-state index contributed by atoms with van der Waals surface area (Å²) in [7, 11) is 0. The summed E-state index contributed by atoms with van der Waals surface area (Å²) in [5.74, 6) is 0. The second-order valence-electron chi connectivity index (χ2n) is 4.68. The molecular weight excluding hydrogens is 208 g/mol. The Morgan fingerprint density at radius 2 is 1.93 bits per heavy atom. The summed E-state index contributed by atoms with van der Waals surface area (Å²) in [6.45, 7) is 5.41. The summed E-state index contributed by atoms with van der Waals surface area (Å²) in [5.41, 5.74) is 7.34. The van der Waals surface area contributed by atoms with Gasteiger partial charge in [0, 0.05) is 28.8 Å². The number of nitrogens with two attached hydrogens (primary N) is 1. The normalized spacial score (nSPS) is 24.5. The van der Waals surface area contributed by atoms with E-state index in [2.05, 4.69) is 30.9 Å². The van der Waals surface area contributed by atoms with E-state index in [0.29, 0.717) is 0 Å². The Bertz CT molecular complexity index is 345. The summed E-state index contributed by atoms with van der Waals surface area (Å²) in [4.78, 5) is 2.36. The molecule has 15 heavy (non-hydrogen) atoms. The Morgan fingerprint density at radius 1 is 1.33 bits per heavy atom. The Kier molecular flexibility index (Phi) is 2.65. The molecule has 2 rings (SSSR count). The minimum Gasteiger partial charge on any atom is -0.365 e. The van der Waals surface area contributed by atoms with Crippen molar-refractivity contribution in [1.29, 1.82) is 0 Å². The molecule has 1 unspecified atom stereocenters. The van der Waals surface area contributed by atoms with E-state index in [1.165, 1.54) is 5.69 Å². The molecule has 0 saturated carbocycles. The van der Waals surface area contributed by atoms with Crippen LogP contribution in [-0.4, -0.2) is 18.1 Å². The average Bonchev–Trinajstić information content (AvgIpc) is 2.44. The van der Waals surface area contributed by atoms with Crippen molar-refractivity contribution in [3.8, 4) is 0 Å². The lowest BCUT2D eigenvalue weighted by atomic mass is 9.96. The predicted octanol–water partition coefficient (Wildman–Crippen LogP) is 2.66. The van der Waals surface area contributed by atoms with Gasteiger partial charge in [-0.1, -0.05) is 11.6 Å². The van der Waals surface area contributed by atoms with Gasteiger partial charge in [0.1, 0.15) is 0 Å². The number of anilines is 1. The zero-order chi connectivity index (χ0) is 11.1. The molecule has 1 aliphatic heterocycles. The third-order valence-electron chi connectivity index (χ3n) is 3.41. The lowest BCUT2D eigenvalue weighted by Gasteiger charge is -2.36. The van der Waals surface area contributed by atoms with Gasteiger partial charge in [-0.15, -0.1) is 0 Å². The van der Waals surface area contributed by atoms with Crippen molar-refractivity contribution >= 4 is 17.3 Å². The van der Waals surface area contributed by atoms with E-state index in [0.717, 1.165) is 18.0 Å². The van der Waals surface area contributed by atoms with Gasteiger partial charge in [0.05, 0.1) is 0 Å². The van der Waals surface area contributed by atoms with Crippen LogP contribution in [0.1, 0.15) is 20.3 Å². The van der Waals surface area contributed by atoms with Gasteiger partial charge in [-0.25, -0.2) is 0 Å². The summed E-state index contributed by atoms with van der Waals surface area (Å²) < 4.78 is 0. The minimum absolute atomic E-state index is 0.0355. The number of hydrogen-bond donors (Lipinski definition) is 1. The molecule has 1 saturated heterocycles. The summed E-state index contributed by atoms with van der Waals surface area (Å²) in [6.07, 6.45) is 1.05. The largest absolute Gasteiger partial charge is 0.365 e. The number of benzene rings is 1. The van der Waals surface area contributed by atoms with Gasteiger partial charge >= 0.3 is 0 Å². The Morgan fingerprint density at radius 3 is 2.40 bits per heavy atom. The van der Waals surface area contributed by atoms with Crippen molar-refractivity contribution in [3.63, 3.8) is 0 Å². The Labute approximate surface area is 96.0 Å². The fourth-order valence-corrected chi connectivity index (χ4v) is 2.32. The lowest BCUT2D eigenvalue weighted by molar-refractivity contribution is 0.453. The lowest BCUT2D eigenvalue weighted by Crippen LogP contribution is -2.48. The third kappa shape index (κ3) is 1.84. The summed E-state index contributed by atoms with van der Waals surface area (Å²) in [6, 6.07) is 8.21. The monoisotopic (exact) mass is 224 g/mol. The van der Waals surface area contributed by atoms with Gasteiger partial charge in [0.15, 0.2) is 0 Å². The van der Waals surface area contributed by atoms with Gasteiger partial charge in [0.2, 0.25) is 0 Å². The van der Waals surface area contributed by atoms with Crippen LogP contribution in [0.4, 0.5) is 5.69 Å².